The zero-order valence-corrected chi connectivity index (χ0v) is 18.1. The number of nitrogens with one attached hydrogen (secondary N) is 1. The molecule has 0 bridgehead atoms. The zero-order valence-electron chi connectivity index (χ0n) is 18.1. The topological polar surface area (TPSA) is 64.6 Å². The van der Waals surface area contributed by atoms with Gasteiger partial charge in [-0.3, -0.25) is 9.59 Å². The van der Waals surface area contributed by atoms with Crippen LogP contribution in [0.25, 0.3) is 11.1 Å². The molecular formula is C26H27NO4. The van der Waals surface area contributed by atoms with E-state index in [1.165, 1.54) is 0 Å². The van der Waals surface area contributed by atoms with Crippen LogP contribution in [0.3, 0.4) is 0 Å². The van der Waals surface area contributed by atoms with E-state index in [1.807, 2.05) is 67.6 Å². The Labute approximate surface area is 183 Å². The molecule has 5 heteroatoms. The third-order valence-electron chi connectivity index (χ3n) is 5.17. The molecule has 1 atom stereocenters. The minimum atomic E-state index is -0.280. The highest BCUT2D eigenvalue weighted by Crippen LogP contribution is 2.29. The molecule has 3 aromatic carbocycles. The van der Waals surface area contributed by atoms with Crippen molar-refractivity contribution in [2.75, 3.05) is 14.2 Å². The lowest BCUT2D eigenvalue weighted by Crippen LogP contribution is -2.27. The maximum Gasteiger partial charge on any atom is 0.220 e. The summed E-state index contributed by atoms with van der Waals surface area (Å²) in [5, 5.41) is 2.93. The van der Waals surface area contributed by atoms with E-state index < -0.39 is 0 Å². The molecule has 31 heavy (non-hydrogen) atoms. The molecule has 5 nitrogen and oxygen atoms in total. The summed E-state index contributed by atoms with van der Waals surface area (Å²) < 4.78 is 10.6. The van der Waals surface area contributed by atoms with Gasteiger partial charge in [-0.2, -0.15) is 0 Å². The highest BCUT2D eigenvalue weighted by molar-refractivity contribution is 5.98. The third kappa shape index (κ3) is 5.72. The summed E-state index contributed by atoms with van der Waals surface area (Å²) in [5.41, 5.74) is 3.58. The zero-order chi connectivity index (χ0) is 22.2. The molecule has 1 N–H and O–H groups in total. The van der Waals surface area contributed by atoms with Crippen LogP contribution in [0, 0.1) is 0 Å². The molecule has 0 heterocycles. The number of Topliss-reactive ketones (excluding diaryl/α,β-unsaturated/α-hetero) is 1. The second-order valence-corrected chi connectivity index (χ2v) is 7.26. The minimum absolute atomic E-state index is 0.0543. The highest BCUT2D eigenvalue weighted by atomic mass is 16.5. The standard InChI is InChI=1S/C26H27NO4/c1-18(23-17-22(30-2)13-15-25(23)31-3)27-26(29)16-14-24(28)21-11-9-20(10-12-21)19-7-5-4-6-8-19/h4-13,15,17-18H,14,16H2,1-3H3,(H,27,29)/t18-/m0/s1. The average molecular weight is 418 g/mol. The molecule has 0 aliphatic heterocycles. The van der Waals surface area contributed by atoms with E-state index in [-0.39, 0.29) is 30.6 Å². The molecular weight excluding hydrogens is 390 g/mol. The first-order valence-electron chi connectivity index (χ1n) is 10.2. The van der Waals surface area contributed by atoms with Crippen LogP contribution in [0.5, 0.6) is 11.5 Å². The van der Waals surface area contributed by atoms with E-state index in [1.54, 1.807) is 26.4 Å². The molecule has 0 aliphatic rings. The van der Waals surface area contributed by atoms with E-state index in [2.05, 4.69) is 5.32 Å². The lowest BCUT2D eigenvalue weighted by Gasteiger charge is -2.18. The first-order valence-corrected chi connectivity index (χ1v) is 10.2. The third-order valence-corrected chi connectivity index (χ3v) is 5.17. The summed E-state index contributed by atoms with van der Waals surface area (Å²) in [5.74, 6) is 1.11. The molecule has 160 valence electrons. The lowest BCUT2D eigenvalue weighted by atomic mass is 10.0. The number of rotatable bonds is 9. The second-order valence-electron chi connectivity index (χ2n) is 7.26. The van der Waals surface area contributed by atoms with Crippen molar-refractivity contribution in [1.29, 1.82) is 0 Å². The first kappa shape index (κ1) is 22.1. The van der Waals surface area contributed by atoms with Crippen LogP contribution >= 0.6 is 0 Å². The molecule has 0 saturated heterocycles. The van der Waals surface area contributed by atoms with Gasteiger partial charge >= 0.3 is 0 Å². The Bertz CT molecular complexity index is 1030. The maximum absolute atomic E-state index is 12.5. The van der Waals surface area contributed by atoms with Gasteiger partial charge in [0.1, 0.15) is 11.5 Å². The van der Waals surface area contributed by atoms with Gasteiger partial charge in [-0.15, -0.1) is 0 Å². The molecule has 0 spiro atoms. The van der Waals surface area contributed by atoms with Crippen LogP contribution in [0.1, 0.15) is 41.7 Å². The summed E-state index contributed by atoms with van der Waals surface area (Å²) in [4.78, 5) is 24.9. The van der Waals surface area contributed by atoms with E-state index in [4.69, 9.17) is 9.47 Å². The number of ketones is 1. The fourth-order valence-electron chi connectivity index (χ4n) is 3.42. The predicted octanol–water partition coefficient (Wildman–Crippen LogP) is 5.21. The molecule has 0 fully saturated rings. The maximum atomic E-state index is 12.5. The SMILES string of the molecule is COc1ccc(OC)c([C@H](C)NC(=O)CCC(=O)c2ccc(-c3ccccc3)cc2)c1. The molecule has 0 saturated carbocycles. The fourth-order valence-corrected chi connectivity index (χ4v) is 3.42. The van der Waals surface area contributed by atoms with Crippen LogP contribution in [0.2, 0.25) is 0 Å². The molecule has 0 aliphatic carbocycles. The normalized spacial score (nSPS) is 11.5. The first-order chi connectivity index (χ1) is 15.0. The van der Waals surface area contributed by atoms with Gasteiger partial charge in [0.2, 0.25) is 5.91 Å². The Balaban J connectivity index is 1.56. The Kier molecular flexibility index (Phi) is 7.44. The van der Waals surface area contributed by atoms with Crippen LogP contribution in [0.4, 0.5) is 0 Å². The van der Waals surface area contributed by atoms with Gasteiger partial charge in [-0.1, -0.05) is 54.6 Å². The van der Waals surface area contributed by atoms with Gasteiger partial charge in [0.25, 0.3) is 0 Å². The van der Waals surface area contributed by atoms with Crippen molar-refractivity contribution >= 4 is 11.7 Å². The molecule has 1 amide bonds. The molecule has 0 unspecified atom stereocenters. The molecule has 0 aromatic heterocycles. The Hall–Kier alpha value is -3.60. The van der Waals surface area contributed by atoms with Crippen LogP contribution in [-0.2, 0) is 4.79 Å². The molecule has 0 radical (unpaired) electrons. The molecule has 3 aromatic rings. The van der Waals surface area contributed by atoms with Gasteiger partial charge in [-0.25, -0.2) is 0 Å². The van der Waals surface area contributed by atoms with Crippen LogP contribution < -0.4 is 14.8 Å². The van der Waals surface area contributed by atoms with Crippen molar-refractivity contribution in [1.82, 2.24) is 5.32 Å². The predicted molar refractivity (Wildman–Crippen MR) is 122 cm³/mol. The van der Waals surface area contributed by atoms with E-state index in [0.717, 1.165) is 16.7 Å². The Morgan fingerprint density at radius 1 is 0.839 bits per heavy atom. The van der Waals surface area contributed by atoms with Gasteiger partial charge in [-0.05, 0) is 36.2 Å². The van der Waals surface area contributed by atoms with Crippen molar-refractivity contribution in [3.05, 3.63) is 83.9 Å². The number of amides is 1. The van der Waals surface area contributed by atoms with E-state index in [9.17, 15) is 9.59 Å². The van der Waals surface area contributed by atoms with Crippen molar-refractivity contribution in [3.8, 4) is 22.6 Å². The van der Waals surface area contributed by atoms with Crippen LogP contribution in [-0.4, -0.2) is 25.9 Å². The minimum Gasteiger partial charge on any atom is -0.497 e. The summed E-state index contributed by atoms with van der Waals surface area (Å²) in [6, 6.07) is 22.6. The molecule has 3 rings (SSSR count). The quantitative estimate of drug-likeness (QED) is 0.485. The Morgan fingerprint density at radius 2 is 1.52 bits per heavy atom. The number of benzene rings is 3. The van der Waals surface area contributed by atoms with Gasteiger partial charge in [0, 0.05) is 24.0 Å². The number of ether oxygens (including phenoxy) is 2. The highest BCUT2D eigenvalue weighted by Gasteiger charge is 2.16. The fraction of sp³-hybridized carbons (Fsp3) is 0.231. The average Bonchev–Trinajstić information content (AvgIpc) is 2.82. The van der Waals surface area contributed by atoms with E-state index in [0.29, 0.717) is 17.1 Å². The van der Waals surface area contributed by atoms with Crippen molar-refractivity contribution in [2.45, 2.75) is 25.8 Å². The van der Waals surface area contributed by atoms with Crippen LogP contribution in [0.15, 0.2) is 72.8 Å². The second kappa shape index (κ2) is 10.4. The lowest BCUT2D eigenvalue weighted by molar-refractivity contribution is -0.121. The number of carbonyl (C=O) groups excluding carboxylic acids is 2. The monoisotopic (exact) mass is 417 g/mol. The smallest absolute Gasteiger partial charge is 0.220 e. The summed E-state index contributed by atoms with van der Waals surface area (Å²) >= 11 is 0. The number of hydrogen-bond donors (Lipinski definition) is 1. The van der Waals surface area contributed by atoms with E-state index >= 15 is 0 Å². The number of hydrogen-bond acceptors (Lipinski definition) is 4. The van der Waals surface area contributed by atoms with Crippen molar-refractivity contribution in [3.63, 3.8) is 0 Å². The number of carbonyl (C=O) groups is 2. The largest absolute Gasteiger partial charge is 0.497 e. The summed E-state index contributed by atoms with van der Waals surface area (Å²) in [7, 11) is 3.18. The van der Waals surface area contributed by atoms with Gasteiger partial charge < -0.3 is 14.8 Å². The summed E-state index contributed by atoms with van der Waals surface area (Å²) in [6.07, 6.45) is 0.272. The van der Waals surface area contributed by atoms with Crippen molar-refractivity contribution < 1.29 is 19.1 Å². The number of methoxy groups -OCH3 is 2. The Morgan fingerprint density at radius 3 is 2.16 bits per heavy atom. The summed E-state index contributed by atoms with van der Waals surface area (Å²) in [6.45, 7) is 1.87. The van der Waals surface area contributed by atoms with Gasteiger partial charge in [0.05, 0.1) is 20.3 Å². The van der Waals surface area contributed by atoms with Crippen molar-refractivity contribution in [2.24, 2.45) is 0 Å². The van der Waals surface area contributed by atoms with Gasteiger partial charge in [0.15, 0.2) is 5.78 Å².